The molecule has 2 rings (SSSR count). The van der Waals surface area contributed by atoms with Gasteiger partial charge < -0.3 is 20.7 Å². The molecule has 0 heterocycles. The molecule has 0 saturated carbocycles. The Morgan fingerprint density at radius 2 is 1.71 bits per heavy atom. The molecule has 8 heteroatoms. The van der Waals surface area contributed by atoms with Crippen molar-refractivity contribution in [3.63, 3.8) is 0 Å². The van der Waals surface area contributed by atoms with Gasteiger partial charge in [0.15, 0.2) is 0 Å². The third-order valence-electron chi connectivity index (χ3n) is 5.00. The number of urea groups is 1. The van der Waals surface area contributed by atoms with E-state index < -0.39 is 0 Å². The van der Waals surface area contributed by atoms with Gasteiger partial charge in [-0.25, -0.2) is 4.79 Å². The molecule has 0 unspecified atom stereocenters. The SMILES string of the molecule is CCN(CC)[C@H](CNC(=O)CCNC(=O)Nc1ccc(OC)cc1)c1ccccc1Cl. The Hall–Kier alpha value is -2.77. The van der Waals surface area contributed by atoms with Crippen LogP contribution in [-0.2, 0) is 4.79 Å². The van der Waals surface area contributed by atoms with Crippen molar-refractivity contribution >= 4 is 29.2 Å². The third kappa shape index (κ3) is 7.77. The summed E-state index contributed by atoms with van der Waals surface area (Å²) in [4.78, 5) is 26.6. The van der Waals surface area contributed by atoms with E-state index in [4.69, 9.17) is 16.3 Å². The highest BCUT2D eigenvalue weighted by atomic mass is 35.5. The second kappa shape index (κ2) is 12.8. The van der Waals surface area contributed by atoms with Crippen molar-refractivity contribution in [2.75, 3.05) is 38.6 Å². The topological polar surface area (TPSA) is 82.7 Å². The van der Waals surface area contributed by atoms with E-state index in [0.29, 0.717) is 23.0 Å². The van der Waals surface area contributed by atoms with Gasteiger partial charge in [0, 0.05) is 30.2 Å². The number of nitrogens with zero attached hydrogens (tertiary/aromatic N) is 1. The zero-order valence-corrected chi connectivity index (χ0v) is 19.0. The molecule has 3 amide bonds. The van der Waals surface area contributed by atoms with E-state index in [0.717, 1.165) is 18.7 Å². The second-order valence-electron chi connectivity index (χ2n) is 6.92. The molecule has 1 atom stereocenters. The average molecular weight is 447 g/mol. The van der Waals surface area contributed by atoms with Crippen molar-refractivity contribution in [2.24, 2.45) is 0 Å². The molecular formula is C23H31ClN4O3. The van der Waals surface area contributed by atoms with Crippen molar-refractivity contribution in [2.45, 2.75) is 26.3 Å². The molecule has 0 aliphatic carbocycles. The van der Waals surface area contributed by atoms with Gasteiger partial charge in [0.1, 0.15) is 5.75 Å². The maximum absolute atomic E-state index is 12.3. The number of anilines is 1. The number of rotatable bonds is 11. The molecule has 0 aliphatic rings. The Labute approximate surface area is 189 Å². The minimum Gasteiger partial charge on any atom is -0.497 e. The van der Waals surface area contributed by atoms with Gasteiger partial charge in [0.2, 0.25) is 5.91 Å². The average Bonchev–Trinajstić information content (AvgIpc) is 2.78. The lowest BCUT2D eigenvalue weighted by molar-refractivity contribution is -0.121. The normalized spacial score (nSPS) is 11.6. The van der Waals surface area contributed by atoms with Gasteiger partial charge in [-0.05, 0) is 49.0 Å². The van der Waals surface area contributed by atoms with Crippen molar-refractivity contribution in [3.8, 4) is 5.75 Å². The molecule has 3 N–H and O–H groups in total. The van der Waals surface area contributed by atoms with E-state index in [-0.39, 0.29) is 30.9 Å². The minimum atomic E-state index is -0.366. The fourth-order valence-electron chi connectivity index (χ4n) is 3.28. The van der Waals surface area contributed by atoms with Crippen LogP contribution in [0.3, 0.4) is 0 Å². The lowest BCUT2D eigenvalue weighted by Gasteiger charge is -2.31. The highest BCUT2D eigenvalue weighted by Crippen LogP contribution is 2.27. The molecule has 0 saturated heterocycles. The van der Waals surface area contributed by atoms with Gasteiger partial charge in [-0.2, -0.15) is 0 Å². The van der Waals surface area contributed by atoms with E-state index in [9.17, 15) is 9.59 Å². The van der Waals surface area contributed by atoms with Crippen LogP contribution in [0, 0.1) is 0 Å². The van der Waals surface area contributed by atoms with Crippen LogP contribution in [0.4, 0.5) is 10.5 Å². The van der Waals surface area contributed by atoms with E-state index in [2.05, 4.69) is 34.7 Å². The van der Waals surface area contributed by atoms with Crippen molar-refractivity contribution in [1.82, 2.24) is 15.5 Å². The molecule has 168 valence electrons. The van der Waals surface area contributed by atoms with Crippen LogP contribution in [-0.4, -0.2) is 50.1 Å². The summed E-state index contributed by atoms with van der Waals surface area (Å²) in [5.41, 5.74) is 1.63. The van der Waals surface area contributed by atoms with Crippen LogP contribution >= 0.6 is 11.6 Å². The van der Waals surface area contributed by atoms with Crippen molar-refractivity contribution in [1.29, 1.82) is 0 Å². The van der Waals surface area contributed by atoms with Gasteiger partial charge in [0.05, 0.1) is 13.2 Å². The molecule has 2 aromatic rings. The molecule has 31 heavy (non-hydrogen) atoms. The number of carbonyl (C=O) groups is 2. The summed E-state index contributed by atoms with van der Waals surface area (Å²) in [6.45, 7) is 6.53. The van der Waals surface area contributed by atoms with Gasteiger partial charge in [-0.1, -0.05) is 43.6 Å². The smallest absolute Gasteiger partial charge is 0.319 e. The Morgan fingerprint density at radius 1 is 1.03 bits per heavy atom. The van der Waals surface area contributed by atoms with Crippen LogP contribution in [0.15, 0.2) is 48.5 Å². The van der Waals surface area contributed by atoms with Crippen LogP contribution in [0.2, 0.25) is 5.02 Å². The van der Waals surface area contributed by atoms with E-state index in [1.807, 2.05) is 24.3 Å². The molecule has 0 bridgehead atoms. The first kappa shape index (κ1) is 24.5. The number of halogens is 1. The lowest BCUT2D eigenvalue weighted by Crippen LogP contribution is -2.39. The Balaban J connectivity index is 1.80. The summed E-state index contributed by atoms with van der Waals surface area (Å²) in [6.07, 6.45) is 0.184. The number of hydrogen-bond acceptors (Lipinski definition) is 4. The summed E-state index contributed by atoms with van der Waals surface area (Å²) < 4.78 is 5.09. The lowest BCUT2D eigenvalue weighted by atomic mass is 10.0. The highest BCUT2D eigenvalue weighted by Gasteiger charge is 2.21. The molecule has 0 spiro atoms. The first-order valence-corrected chi connectivity index (χ1v) is 10.8. The van der Waals surface area contributed by atoms with Gasteiger partial charge >= 0.3 is 6.03 Å². The molecule has 2 aromatic carbocycles. The first-order valence-electron chi connectivity index (χ1n) is 10.4. The minimum absolute atomic E-state index is 0.0148. The summed E-state index contributed by atoms with van der Waals surface area (Å²) >= 11 is 6.39. The molecule has 0 aliphatic heterocycles. The summed E-state index contributed by atoms with van der Waals surface area (Å²) in [7, 11) is 1.58. The third-order valence-corrected chi connectivity index (χ3v) is 5.34. The molecule has 7 nitrogen and oxygen atoms in total. The van der Waals surface area contributed by atoms with Crippen LogP contribution in [0.25, 0.3) is 0 Å². The Kier molecular flexibility index (Phi) is 10.1. The van der Waals surface area contributed by atoms with Gasteiger partial charge in [-0.3, -0.25) is 9.69 Å². The Morgan fingerprint density at radius 3 is 2.32 bits per heavy atom. The summed E-state index contributed by atoms with van der Waals surface area (Å²) in [6, 6.07) is 14.3. The van der Waals surface area contributed by atoms with Crippen LogP contribution in [0.5, 0.6) is 5.75 Å². The fraction of sp³-hybridized carbons (Fsp3) is 0.391. The summed E-state index contributed by atoms with van der Waals surface area (Å²) in [5, 5.41) is 9.06. The molecular weight excluding hydrogens is 416 g/mol. The predicted octanol–water partition coefficient (Wildman–Crippen LogP) is 4.06. The number of ether oxygens (including phenoxy) is 1. The van der Waals surface area contributed by atoms with Gasteiger partial charge in [-0.15, -0.1) is 0 Å². The fourth-order valence-corrected chi connectivity index (χ4v) is 3.55. The maximum Gasteiger partial charge on any atom is 0.319 e. The zero-order chi connectivity index (χ0) is 22.6. The van der Waals surface area contributed by atoms with Crippen LogP contribution < -0.4 is 20.7 Å². The molecule has 0 fully saturated rings. The number of hydrogen-bond donors (Lipinski definition) is 3. The number of benzene rings is 2. The number of methoxy groups -OCH3 is 1. The quantitative estimate of drug-likeness (QED) is 0.486. The molecule has 0 aromatic heterocycles. The van der Waals surface area contributed by atoms with Crippen LogP contribution in [0.1, 0.15) is 31.9 Å². The van der Waals surface area contributed by atoms with Gasteiger partial charge in [0.25, 0.3) is 0 Å². The largest absolute Gasteiger partial charge is 0.497 e. The number of amides is 3. The predicted molar refractivity (Wildman–Crippen MR) is 125 cm³/mol. The highest BCUT2D eigenvalue weighted by molar-refractivity contribution is 6.31. The summed E-state index contributed by atoms with van der Waals surface area (Å²) in [5.74, 6) is 0.580. The van der Waals surface area contributed by atoms with Crippen molar-refractivity contribution in [3.05, 3.63) is 59.1 Å². The Bertz CT molecular complexity index is 841. The van der Waals surface area contributed by atoms with E-state index >= 15 is 0 Å². The maximum atomic E-state index is 12.3. The zero-order valence-electron chi connectivity index (χ0n) is 18.3. The van der Waals surface area contributed by atoms with E-state index in [1.165, 1.54) is 0 Å². The first-order chi connectivity index (χ1) is 15.0. The number of carbonyl (C=O) groups excluding carboxylic acids is 2. The van der Waals surface area contributed by atoms with Crippen molar-refractivity contribution < 1.29 is 14.3 Å². The van der Waals surface area contributed by atoms with E-state index in [1.54, 1.807) is 31.4 Å². The standard InChI is InChI=1S/C23H31ClN4O3/c1-4-28(5-2)21(19-8-6-7-9-20(19)24)16-26-22(29)14-15-25-23(30)27-17-10-12-18(31-3)13-11-17/h6-13,21H,4-5,14-16H2,1-3H3,(H,26,29)(H2,25,27,30)/t21-/m1/s1. The monoisotopic (exact) mass is 446 g/mol. The molecule has 0 radical (unpaired) electrons. The second-order valence-corrected chi connectivity index (χ2v) is 7.33. The number of nitrogens with one attached hydrogen (secondary N) is 3. The number of likely N-dealkylation sites (N-methyl/N-ethyl adjacent to an activating group) is 1.